The lowest BCUT2D eigenvalue weighted by atomic mass is 10.2. The van der Waals surface area contributed by atoms with Crippen LogP contribution in [0.25, 0.3) is 0 Å². The fourth-order valence-corrected chi connectivity index (χ4v) is 0.742. The Morgan fingerprint density at radius 1 is 1.73 bits per heavy atom. The second kappa shape index (κ2) is 3.09. The molecule has 0 unspecified atom stereocenters. The molecule has 0 aliphatic heterocycles. The standard InChI is InChI=1S/C7H8N3O/c1-5(11)6-3-9-4-10-7(6)8-2/h3H,1-2H3,(H,8,9,10). The van der Waals surface area contributed by atoms with Gasteiger partial charge >= 0.3 is 0 Å². The predicted molar refractivity (Wildman–Crippen MR) is 40.4 cm³/mol. The fourth-order valence-electron chi connectivity index (χ4n) is 0.742. The van der Waals surface area contributed by atoms with E-state index in [1.54, 1.807) is 7.05 Å². The highest BCUT2D eigenvalue weighted by molar-refractivity contribution is 5.98. The minimum absolute atomic E-state index is 0.0525. The maximum atomic E-state index is 10.9. The van der Waals surface area contributed by atoms with Gasteiger partial charge in [-0.1, -0.05) is 0 Å². The molecule has 1 radical (unpaired) electrons. The Bertz CT molecular complexity index is 272. The third-order valence-electron chi connectivity index (χ3n) is 1.28. The number of nitrogens with one attached hydrogen (secondary N) is 1. The first-order chi connectivity index (χ1) is 5.25. The molecule has 0 atom stereocenters. The molecule has 1 N–H and O–H groups in total. The van der Waals surface area contributed by atoms with Gasteiger partial charge in [0.15, 0.2) is 12.1 Å². The van der Waals surface area contributed by atoms with E-state index in [9.17, 15) is 4.79 Å². The van der Waals surface area contributed by atoms with Gasteiger partial charge in [-0.3, -0.25) is 4.79 Å². The van der Waals surface area contributed by atoms with Gasteiger partial charge in [-0.2, -0.15) is 0 Å². The lowest BCUT2D eigenvalue weighted by Crippen LogP contribution is -2.03. The van der Waals surface area contributed by atoms with Crippen molar-refractivity contribution in [2.75, 3.05) is 12.4 Å². The highest BCUT2D eigenvalue weighted by Crippen LogP contribution is 2.08. The molecular weight excluding hydrogens is 142 g/mol. The molecule has 11 heavy (non-hydrogen) atoms. The summed E-state index contributed by atoms with van der Waals surface area (Å²) < 4.78 is 0. The number of hydrogen-bond donors (Lipinski definition) is 1. The Hall–Kier alpha value is -1.45. The van der Waals surface area contributed by atoms with Crippen LogP contribution in [-0.4, -0.2) is 22.8 Å². The van der Waals surface area contributed by atoms with Crippen LogP contribution in [0.1, 0.15) is 17.3 Å². The predicted octanol–water partition coefficient (Wildman–Crippen LogP) is 0.521. The molecule has 0 bridgehead atoms. The molecule has 0 aromatic carbocycles. The largest absolute Gasteiger partial charge is 0.372 e. The van der Waals surface area contributed by atoms with E-state index in [4.69, 9.17) is 0 Å². The normalized spacial score (nSPS) is 9.27. The first kappa shape index (κ1) is 7.65. The van der Waals surface area contributed by atoms with Gasteiger partial charge in [-0.05, 0) is 6.92 Å². The van der Waals surface area contributed by atoms with Crippen molar-refractivity contribution in [3.05, 3.63) is 18.1 Å². The minimum atomic E-state index is -0.0525. The molecule has 1 rings (SSSR count). The van der Waals surface area contributed by atoms with Gasteiger partial charge in [0.2, 0.25) is 0 Å². The third-order valence-corrected chi connectivity index (χ3v) is 1.28. The Labute approximate surface area is 64.7 Å². The molecule has 0 saturated carbocycles. The SMILES string of the molecule is CNc1n[c]ncc1C(C)=O. The number of hydrogen-bond acceptors (Lipinski definition) is 4. The van der Waals surface area contributed by atoms with E-state index in [1.807, 2.05) is 0 Å². The van der Waals surface area contributed by atoms with Gasteiger partial charge in [0, 0.05) is 13.2 Å². The maximum absolute atomic E-state index is 10.9. The smallest absolute Gasteiger partial charge is 0.199 e. The average molecular weight is 150 g/mol. The number of aromatic nitrogens is 2. The van der Waals surface area contributed by atoms with Crippen LogP contribution in [0.4, 0.5) is 5.82 Å². The van der Waals surface area contributed by atoms with Crippen LogP contribution in [0.2, 0.25) is 0 Å². The lowest BCUT2D eigenvalue weighted by Gasteiger charge is -2.01. The summed E-state index contributed by atoms with van der Waals surface area (Å²) in [5.41, 5.74) is 0.492. The van der Waals surface area contributed by atoms with Gasteiger partial charge in [0.1, 0.15) is 5.82 Å². The van der Waals surface area contributed by atoms with Gasteiger partial charge in [-0.15, -0.1) is 0 Å². The number of ketones is 1. The Balaban J connectivity index is 3.12. The second-order valence-corrected chi connectivity index (χ2v) is 2.04. The molecule has 4 heteroatoms. The van der Waals surface area contributed by atoms with E-state index in [0.717, 1.165) is 0 Å². The van der Waals surface area contributed by atoms with Crippen molar-refractivity contribution in [1.29, 1.82) is 0 Å². The zero-order valence-corrected chi connectivity index (χ0v) is 6.38. The number of rotatable bonds is 2. The van der Waals surface area contributed by atoms with Crippen molar-refractivity contribution in [3.63, 3.8) is 0 Å². The Kier molecular flexibility index (Phi) is 2.15. The molecular formula is C7H8N3O. The molecule has 1 aromatic rings. The van der Waals surface area contributed by atoms with Gasteiger partial charge in [0.25, 0.3) is 0 Å². The monoisotopic (exact) mass is 150 g/mol. The molecule has 0 amide bonds. The van der Waals surface area contributed by atoms with E-state index < -0.39 is 0 Å². The number of carbonyl (C=O) groups is 1. The molecule has 57 valence electrons. The summed E-state index contributed by atoms with van der Waals surface area (Å²) in [6, 6.07) is 0. The topological polar surface area (TPSA) is 54.9 Å². The summed E-state index contributed by atoms with van der Waals surface area (Å²) >= 11 is 0. The zero-order chi connectivity index (χ0) is 8.27. The van der Waals surface area contributed by atoms with Gasteiger partial charge in [-0.25, -0.2) is 9.97 Å². The van der Waals surface area contributed by atoms with E-state index >= 15 is 0 Å². The van der Waals surface area contributed by atoms with Crippen molar-refractivity contribution in [3.8, 4) is 0 Å². The second-order valence-electron chi connectivity index (χ2n) is 2.04. The summed E-state index contributed by atoms with van der Waals surface area (Å²) in [6.45, 7) is 1.47. The fraction of sp³-hybridized carbons (Fsp3) is 0.286. The van der Waals surface area contributed by atoms with E-state index in [-0.39, 0.29) is 5.78 Å². The van der Waals surface area contributed by atoms with Crippen LogP contribution in [0.5, 0.6) is 0 Å². The third kappa shape index (κ3) is 1.52. The van der Waals surface area contributed by atoms with Crippen molar-refractivity contribution < 1.29 is 4.79 Å². The van der Waals surface area contributed by atoms with Crippen LogP contribution in [-0.2, 0) is 0 Å². The summed E-state index contributed by atoms with van der Waals surface area (Å²) in [5, 5.41) is 2.77. The zero-order valence-electron chi connectivity index (χ0n) is 6.38. The number of Topliss-reactive ketones (excluding diaryl/α,β-unsaturated/α-hetero) is 1. The Morgan fingerprint density at radius 3 is 2.91 bits per heavy atom. The van der Waals surface area contributed by atoms with Crippen LogP contribution in [0.3, 0.4) is 0 Å². The van der Waals surface area contributed by atoms with E-state index in [0.29, 0.717) is 11.4 Å². The summed E-state index contributed by atoms with van der Waals surface area (Å²) in [7, 11) is 1.70. The summed E-state index contributed by atoms with van der Waals surface area (Å²) in [4.78, 5) is 18.3. The summed E-state index contributed by atoms with van der Waals surface area (Å²) in [6.07, 6.45) is 3.84. The number of anilines is 1. The Morgan fingerprint density at radius 2 is 2.45 bits per heavy atom. The van der Waals surface area contributed by atoms with Crippen LogP contribution < -0.4 is 5.32 Å². The molecule has 1 heterocycles. The van der Waals surface area contributed by atoms with Gasteiger partial charge in [0.05, 0.1) is 5.56 Å². The highest BCUT2D eigenvalue weighted by Gasteiger charge is 2.05. The van der Waals surface area contributed by atoms with Crippen LogP contribution in [0, 0.1) is 6.33 Å². The number of nitrogens with zero attached hydrogens (tertiary/aromatic N) is 2. The first-order valence-electron chi connectivity index (χ1n) is 3.17. The summed E-state index contributed by atoms with van der Waals surface area (Å²) in [5.74, 6) is 0.468. The van der Waals surface area contributed by atoms with Crippen LogP contribution >= 0.6 is 0 Å². The minimum Gasteiger partial charge on any atom is -0.372 e. The molecule has 0 aliphatic carbocycles. The molecule has 0 fully saturated rings. The quantitative estimate of drug-likeness (QED) is 0.624. The molecule has 1 aromatic heterocycles. The molecule has 0 aliphatic rings. The van der Waals surface area contributed by atoms with Crippen LogP contribution in [0.15, 0.2) is 6.20 Å². The maximum Gasteiger partial charge on any atom is 0.199 e. The van der Waals surface area contributed by atoms with Crippen molar-refractivity contribution >= 4 is 11.6 Å². The first-order valence-corrected chi connectivity index (χ1v) is 3.17. The average Bonchev–Trinajstić information content (AvgIpc) is 2.04. The van der Waals surface area contributed by atoms with Crippen molar-refractivity contribution in [2.45, 2.75) is 6.92 Å². The molecule has 0 spiro atoms. The van der Waals surface area contributed by atoms with E-state index in [2.05, 4.69) is 21.6 Å². The van der Waals surface area contributed by atoms with Crippen molar-refractivity contribution in [1.82, 2.24) is 9.97 Å². The molecule has 0 saturated heterocycles. The highest BCUT2D eigenvalue weighted by atomic mass is 16.1. The van der Waals surface area contributed by atoms with E-state index in [1.165, 1.54) is 13.1 Å². The molecule has 4 nitrogen and oxygen atoms in total. The van der Waals surface area contributed by atoms with Crippen molar-refractivity contribution in [2.24, 2.45) is 0 Å². The van der Waals surface area contributed by atoms with Gasteiger partial charge < -0.3 is 5.32 Å². The number of carbonyl (C=O) groups excluding carboxylic acids is 1. The lowest BCUT2D eigenvalue weighted by molar-refractivity contribution is 0.101.